The normalized spacial score (nSPS) is 32.3. The first-order valence-electron chi connectivity index (χ1n) is 20.8. The van der Waals surface area contributed by atoms with Crippen LogP contribution in [0.1, 0.15) is 95.0 Å². The number of carbonyl (C=O) groups excluding carboxylic acids is 4. The minimum absolute atomic E-state index is 0. The number of fused-ring (bicyclic) bond motifs is 7. The number of hydrogen-bond acceptors (Lipinski definition) is 11. The van der Waals surface area contributed by atoms with Gasteiger partial charge in [0.15, 0.2) is 5.69 Å². The Hall–Kier alpha value is -4.63. The highest BCUT2D eigenvalue weighted by Crippen LogP contribution is 2.58. The Morgan fingerprint density at radius 2 is 1.74 bits per heavy atom. The molecule has 3 heterocycles. The number of amides is 4. The number of halogens is 6. The van der Waals surface area contributed by atoms with Gasteiger partial charge in [0.2, 0.25) is 34.1 Å². The number of alkyl carbamates (subject to hydrolysis) is 1. The molecule has 3 N–H and O–H groups in total. The molecule has 62 heavy (non-hydrogen) atoms. The van der Waals surface area contributed by atoms with Crippen LogP contribution in [0.4, 0.5) is 31.1 Å². The fourth-order valence-corrected chi connectivity index (χ4v) is 10.8. The van der Waals surface area contributed by atoms with E-state index in [1.54, 1.807) is 20.8 Å². The zero-order valence-corrected chi connectivity index (χ0v) is 34.9. The number of rotatable bonds is 8. The number of carbonyl (C=O) groups is 4. The first-order valence-corrected chi connectivity index (χ1v) is 22.4. The van der Waals surface area contributed by atoms with Gasteiger partial charge in [-0.15, -0.1) is 0 Å². The number of ether oxygens (including phenoxy) is 3. The summed E-state index contributed by atoms with van der Waals surface area (Å²) in [5, 5.41) is 4.06. The minimum Gasteiger partial charge on any atom is -0.471 e. The summed E-state index contributed by atoms with van der Waals surface area (Å²) in [5.74, 6) is -9.51. The highest BCUT2D eigenvalue weighted by Gasteiger charge is 2.67. The second-order valence-electron chi connectivity index (χ2n) is 18.6. The zero-order valence-electron chi connectivity index (χ0n) is 34.1. The highest BCUT2D eigenvalue weighted by molar-refractivity contribution is 7.91. The summed E-state index contributed by atoms with van der Waals surface area (Å²) in [6, 6.07) is 0.296. The topological polar surface area (TPSA) is 195 Å². The Morgan fingerprint density at radius 1 is 1.00 bits per heavy atom. The van der Waals surface area contributed by atoms with Gasteiger partial charge in [0.05, 0.1) is 28.7 Å². The van der Waals surface area contributed by atoms with Crippen LogP contribution in [0.25, 0.3) is 11.0 Å². The summed E-state index contributed by atoms with van der Waals surface area (Å²) in [4.78, 5) is 65.5. The molecule has 1 saturated heterocycles. The van der Waals surface area contributed by atoms with Crippen LogP contribution >= 0.6 is 0 Å². The van der Waals surface area contributed by atoms with Crippen molar-refractivity contribution >= 4 is 44.9 Å². The maximum absolute atomic E-state index is 16.4. The second-order valence-corrected chi connectivity index (χ2v) is 20.5. The van der Waals surface area contributed by atoms with Gasteiger partial charge in [-0.05, 0) is 80.2 Å². The van der Waals surface area contributed by atoms with Crippen LogP contribution in [0.3, 0.4) is 0 Å². The molecule has 22 heteroatoms. The first-order chi connectivity index (χ1) is 29.1. The monoisotopic (exact) mass is 908 g/mol. The third-order valence-corrected chi connectivity index (χ3v) is 14.8. The van der Waals surface area contributed by atoms with Crippen molar-refractivity contribution in [2.24, 2.45) is 29.1 Å². The predicted octanol–water partition coefficient (Wildman–Crippen LogP) is 5.90. The molecule has 1 unspecified atom stereocenters. The van der Waals surface area contributed by atoms with E-state index in [-0.39, 0.29) is 52.2 Å². The molecule has 4 saturated carbocycles. The summed E-state index contributed by atoms with van der Waals surface area (Å²) in [5.41, 5.74) is -4.60. The molecule has 5 fully saturated rings. The maximum Gasteiger partial charge on any atom is 0.408 e. The summed E-state index contributed by atoms with van der Waals surface area (Å²) in [7, 11) is -4.25. The van der Waals surface area contributed by atoms with Crippen molar-refractivity contribution in [3.63, 3.8) is 0 Å². The quantitative estimate of drug-likeness (QED) is 0.267. The van der Waals surface area contributed by atoms with Gasteiger partial charge in [-0.2, -0.15) is 17.6 Å². The lowest BCUT2D eigenvalue weighted by atomic mass is 9.85. The van der Waals surface area contributed by atoms with Crippen molar-refractivity contribution < 1.29 is 72.4 Å². The van der Waals surface area contributed by atoms with Gasteiger partial charge in [0.1, 0.15) is 35.6 Å². The fraction of sp³-hybridized carbons (Fsp3) is 0.700. The molecule has 346 valence electrons. The lowest BCUT2D eigenvalue weighted by Crippen LogP contribution is -2.60. The maximum atomic E-state index is 16.4. The molecule has 1 aromatic heterocycles. The smallest absolute Gasteiger partial charge is 0.408 e. The van der Waals surface area contributed by atoms with Crippen molar-refractivity contribution in [2.75, 3.05) is 6.54 Å². The molecule has 0 radical (unpaired) electrons. The Kier molecular flexibility index (Phi) is 11.3. The molecule has 4 amide bonds. The Bertz CT molecular complexity index is 2260. The number of alkyl halides is 6. The van der Waals surface area contributed by atoms with Crippen molar-refractivity contribution in [2.45, 2.75) is 139 Å². The van der Waals surface area contributed by atoms with Gasteiger partial charge in [0.25, 0.3) is 11.8 Å². The van der Waals surface area contributed by atoms with Crippen molar-refractivity contribution in [1.29, 1.82) is 0 Å². The standard InChI is InChI=1S/C40H48F6N6O9S.3H2/c1-38(2,3)30-34(54)52-17-20(15-27(52)32(53)50-39(16-24(39)31(41)42)35(55)51-62(57,58)21-8-9-21)59-33-29(47-25-10-7-19(60-36(43)44)14-26(25)48-33)40(45,46)11-5-4-6-22-23-12-18(23)13-28(22)61-37(56)49-30;;;/h7,10,14,18,20-24,27-28,30-31,36H,4-6,8-9,11-13,15-17H2,1-3H3,(H,49,56)(H,50,53)(H,51,55);3*1H/t18-,20+,22+,23?,24-,27-,28+,30+,39+;;;/m0.../s1. The SMILES string of the molecule is CC(C)(C)[C@@H]1NC(=O)O[C@@H]2C[C@@H]3CC3[C@H]2CCCCC(F)(F)c2nc3ccc(OC(F)F)cc3nc2O[C@@H]2C[C@@H](C(=O)N[C@]3(C(=O)NS(=O)(=O)C4CC4)C[C@H]3C(F)F)N(C2)C1=O.[HH].[HH].[HH]. The third kappa shape index (κ3) is 8.80. The lowest BCUT2D eigenvalue weighted by Gasteiger charge is -2.36. The molecule has 2 aliphatic heterocycles. The van der Waals surface area contributed by atoms with Crippen LogP contribution in [-0.4, -0.2) is 102 Å². The molecule has 2 bridgehead atoms. The van der Waals surface area contributed by atoms with E-state index >= 15 is 8.78 Å². The molecule has 0 spiro atoms. The summed E-state index contributed by atoms with van der Waals surface area (Å²) < 4.78 is 131. The van der Waals surface area contributed by atoms with Crippen LogP contribution < -0.4 is 24.8 Å². The van der Waals surface area contributed by atoms with Gasteiger partial charge < -0.3 is 29.7 Å². The van der Waals surface area contributed by atoms with E-state index in [0.717, 1.165) is 23.5 Å². The number of sulfonamides is 1. The molecule has 15 nitrogen and oxygen atoms in total. The van der Waals surface area contributed by atoms with E-state index in [1.807, 2.05) is 4.72 Å². The van der Waals surface area contributed by atoms with E-state index < -0.39 is 137 Å². The first kappa shape index (κ1) is 44.0. The van der Waals surface area contributed by atoms with Gasteiger partial charge in [-0.1, -0.05) is 27.2 Å². The number of benzene rings is 1. The van der Waals surface area contributed by atoms with Crippen LogP contribution in [-0.2, 0) is 35.1 Å². The van der Waals surface area contributed by atoms with Crippen LogP contribution in [0.15, 0.2) is 18.2 Å². The number of nitrogens with zero attached hydrogens (tertiary/aromatic N) is 3. The van der Waals surface area contributed by atoms with Crippen LogP contribution in [0, 0.1) is 29.1 Å². The van der Waals surface area contributed by atoms with E-state index in [9.17, 15) is 45.2 Å². The Labute approximate surface area is 357 Å². The average Bonchev–Trinajstić information content (AvgIpc) is 4.11. The van der Waals surface area contributed by atoms with Crippen LogP contribution in [0.5, 0.6) is 11.6 Å². The Balaban J connectivity index is 0.00000264. The molecular weight excluding hydrogens is 855 g/mol. The number of hydrogen-bond donors (Lipinski definition) is 3. The average molecular weight is 909 g/mol. The van der Waals surface area contributed by atoms with Gasteiger partial charge in [-0.3, -0.25) is 19.1 Å². The largest absolute Gasteiger partial charge is 0.471 e. The lowest BCUT2D eigenvalue weighted by molar-refractivity contribution is -0.143. The van der Waals surface area contributed by atoms with Crippen molar-refractivity contribution in [1.82, 2.24) is 30.2 Å². The van der Waals surface area contributed by atoms with E-state index in [1.165, 1.54) is 6.07 Å². The Morgan fingerprint density at radius 3 is 2.40 bits per heavy atom. The van der Waals surface area contributed by atoms with E-state index in [4.69, 9.17) is 9.47 Å². The van der Waals surface area contributed by atoms with Gasteiger partial charge >= 0.3 is 12.7 Å². The number of nitrogens with one attached hydrogen (secondary N) is 3. The third-order valence-electron chi connectivity index (χ3n) is 13.0. The molecule has 9 atom stereocenters. The molecule has 1 aromatic carbocycles. The summed E-state index contributed by atoms with van der Waals surface area (Å²) in [6.07, 6.45) is -4.95. The molecule has 2 aromatic rings. The number of aromatic nitrogens is 2. The molecular formula is C40H54F6N6O9S. The fourth-order valence-electron chi connectivity index (χ4n) is 9.39. The van der Waals surface area contributed by atoms with Crippen molar-refractivity contribution in [3.05, 3.63) is 23.9 Å². The van der Waals surface area contributed by atoms with E-state index in [0.29, 0.717) is 25.2 Å². The van der Waals surface area contributed by atoms with Crippen LogP contribution in [0.2, 0.25) is 0 Å². The minimum atomic E-state index is -4.25. The predicted molar refractivity (Wildman–Crippen MR) is 211 cm³/mol. The van der Waals surface area contributed by atoms with Crippen molar-refractivity contribution in [3.8, 4) is 11.6 Å². The van der Waals surface area contributed by atoms with Gasteiger partial charge in [0, 0.05) is 23.2 Å². The van der Waals surface area contributed by atoms with Gasteiger partial charge in [-0.25, -0.2) is 32.0 Å². The van der Waals surface area contributed by atoms with E-state index in [2.05, 4.69) is 25.3 Å². The molecule has 4 aliphatic carbocycles. The summed E-state index contributed by atoms with van der Waals surface area (Å²) in [6.45, 7) is 1.16. The molecule has 8 rings (SSSR count). The molecule has 6 aliphatic rings. The zero-order chi connectivity index (χ0) is 44.7. The highest BCUT2D eigenvalue weighted by atomic mass is 32.2. The second kappa shape index (κ2) is 15.9. The summed E-state index contributed by atoms with van der Waals surface area (Å²) >= 11 is 0.